The highest BCUT2D eigenvalue weighted by molar-refractivity contribution is 5.43. The van der Waals surface area contributed by atoms with Gasteiger partial charge >= 0.3 is 0 Å². The molecule has 0 aromatic carbocycles. The van der Waals surface area contributed by atoms with Gasteiger partial charge in [0.05, 0.1) is 19.0 Å². The molecule has 0 radical (unpaired) electrons. The maximum Gasteiger partial charge on any atom is 0.234 e. The molecule has 104 valence electrons. The average Bonchev–Trinajstić information content (AvgIpc) is 2.69. The number of anilines is 1. The Morgan fingerprint density at radius 3 is 2.74 bits per heavy atom. The van der Waals surface area contributed by atoms with Crippen molar-refractivity contribution in [3.05, 3.63) is 12.4 Å². The van der Waals surface area contributed by atoms with Gasteiger partial charge in [-0.05, 0) is 32.1 Å². The van der Waals surface area contributed by atoms with Gasteiger partial charge in [-0.1, -0.05) is 6.92 Å². The van der Waals surface area contributed by atoms with Crippen molar-refractivity contribution in [2.75, 3.05) is 11.5 Å². The Morgan fingerprint density at radius 2 is 2.05 bits per heavy atom. The van der Waals surface area contributed by atoms with Crippen LogP contribution < -0.4 is 15.4 Å². The average molecular weight is 262 g/mol. The summed E-state index contributed by atoms with van der Waals surface area (Å²) < 4.78 is 5.57. The van der Waals surface area contributed by atoms with Gasteiger partial charge in [0.25, 0.3) is 0 Å². The number of nitrogens with two attached hydrogens (primary N) is 1. The first kappa shape index (κ1) is 12.7. The van der Waals surface area contributed by atoms with E-state index in [1.165, 1.54) is 12.8 Å². The molecule has 2 aliphatic rings. The fraction of sp³-hybridized carbons (Fsp3) is 0.714. The standard InChI is InChI=1S/C14H22N4O/c1-2-5-19-14-9-16-8-13(17-14)18-11-3-4-12(18)7-10(15)6-11/h8-12H,2-7,15H2,1H3. The van der Waals surface area contributed by atoms with Crippen LogP contribution >= 0.6 is 0 Å². The van der Waals surface area contributed by atoms with Gasteiger partial charge in [0.2, 0.25) is 5.88 Å². The van der Waals surface area contributed by atoms with Crippen LogP contribution in [0.25, 0.3) is 0 Å². The number of piperidine rings is 1. The summed E-state index contributed by atoms with van der Waals surface area (Å²) in [5.74, 6) is 1.58. The van der Waals surface area contributed by atoms with Gasteiger partial charge < -0.3 is 15.4 Å². The lowest BCUT2D eigenvalue weighted by molar-refractivity contribution is 0.303. The van der Waals surface area contributed by atoms with Crippen LogP contribution in [-0.4, -0.2) is 34.7 Å². The number of hydrogen-bond acceptors (Lipinski definition) is 5. The molecule has 2 N–H and O–H groups in total. The van der Waals surface area contributed by atoms with Crippen LogP contribution in [0.3, 0.4) is 0 Å². The smallest absolute Gasteiger partial charge is 0.234 e. The van der Waals surface area contributed by atoms with Crippen molar-refractivity contribution in [1.29, 1.82) is 0 Å². The van der Waals surface area contributed by atoms with Crippen molar-refractivity contribution in [2.24, 2.45) is 5.73 Å². The van der Waals surface area contributed by atoms with E-state index in [0.717, 1.165) is 25.1 Å². The van der Waals surface area contributed by atoms with E-state index in [2.05, 4.69) is 21.8 Å². The van der Waals surface area contributed by atoms with E-state index in [1.54, 1.807) is 6.20 Å². The Bertz CT molecular complexity index is 425. The van der Waals surface area contributed by atoms with Crippen LogP contribution in [0.1, 0.15) is 39.0 Å². The Balaban J connectivity index is 1.79. The van der Waals surface area contributed by atoms with E-state index >= 15 is 0 Å². The largest absolute Gasteiger partial charge is 0.477 e. The lowest BCUT2D eigenvalue weighted by Crippen LogP contribution is -2.47. The van der Waals surface area contributed by atoms with Crippen molar-refractivity contribution in [3.63, 3.8) is 0 Å². The van der Waals surface area contributed by atoms with Crippen molar-refractivity contribution in [2.45, 2.75) is 57.2 Å². The zero-order valence-electron chi connectivity index (χ0n) is 11.5. The molecule has 5 heteroatoms. The summed E-state index contributed by atoms with van der Waals surface area (Å²) in [6.07, 6.45) is 9.10. The second-order valence-electron chi connectivity index (χ2n) is 5.59. The summed E-state index contributed by atoms with van der Waals surface area (Å²) in [5.41, 5.74) is 6.10. The summed E-state index contributed by atoms with van der Waals surface area (Å²) in [5, 5.41) is 0. The van der Waals surface area contributed by atoms with Gasteiger partial charge in [-0.3, -0.25) is 4.98 Å². The normalized spacial score (nSPS) is 29.6. The minimum atomic E-state index is 0.348. The monoisotopic (exact) mass is 262 g/mol. The van der Waals surface area contributed by atoms with Gasteiger partial charge in [0, 0.05) is 18.1 Å². The van der Waals surface area contributed by atoms with Crippen LogP contribution in [0.15, 0.2) is 12.4 Å². The zero-order valence-corrected chi connectivity index (χ0v) is 11.5. The van der Waals surface area contributed by atoms with Gasteiger partial charge in [-0.25, -0.2) is 0 Å². The Labute approximate surface area is 114 Å². The SMILES string of the molecule is CCCOc1cncc(N2C3CCC2CC(N)C3)n1. The maximum absolute atomic E-state index is 6.10. The summed E-state index contributed by atoms with van der Waals surface area (Å²) in [6.45, 7) is 2.78. The molecule has 0 spiro atoms. The molecular formula is C14H22N4O. The highest BCUT2D eigenvalue weighted by atomic mass is 16.5. The molecule has 2 unspecified atom stereocenters. The molecule has 5 nitrogen and oxygen atoms in total. The third-order valence-corrected chi connectivity index (χ3v) is 4.09. The first-order valence-corrected chi connectivity index (χ1v) is 7.26. The maximum atomic E-state index is 6.10. The first-order valence-electron chi connectivity index (χ1n) is 7.26. The summed E-state index contributed by atoms with van der Waals surface area (Å²) in [6, 6.07) is 1.41. The van der Waals surface area contributed by atoms with E-state index in [1.807, 2.05) is 6.20 Å². The fourth-order valence-electron chi connectivity index (χ4n) is 3.33. The third-order valence-electron chi connectivity index (χ3n) is 4.09. The molecule has 1 aromatic rings. The topological polar surface area (TPSA) is 64.3 Å². The molecule has 3 rings (SSSR count). The quantitative estimate of drug-likeness (QED) is 0.895. The third kappa shape index (κ3) is 2.52. The summed E-state index contributed by atoms with van der Waals surface area (Å²) >= 11 is 0. The van der Waals surface area contributed by atoms with Gasteiger partial charge in [0.1, 0.15) is 0 Å². The Hall–Kier alpha value is -1.36. The predicted molar refractivity (Wildman–Crippen MR) is 74.3 cm³/mol. The van der Waals surface area contributed by atoms with E-state index in [0.29, 0.717) is 30.6 Å². The highest BCUT2D eigenvalue weighted by Crippen LogP contribution is 2.38. The molecule has 0 saturated carbocycles. The predicted octanol–water partition coefficient (Wildman–Crippen LogP) is 1.72. The van der Waals surface area contributed by atoms with Crippen molar-refractivity contribution in [1.82, 2.24) is 9.97 Å². The van der Waals surface area contributed by atoms with Crippen molar-refractivity contribution in [3.8, 4) is 5.88 Å². The van der Waals surface area contributed by atoms with E-state index in [4.69, 9.17) is 10.5 Å². The van der Waals surface area contributed by atoms with Crippen molar-refractivity contribution >= 4 is 5.82 Å². The number of hydrogen-bond donors (Lipinski definition) is 1. The van der Waals surface area contributed by atoms with Gasteiger partial charge in [-0.2, -0.15) is 4.98 Å². The van der Waals surface area contributed by atoms with Crippen LogP contribution in [0.2, 0.25) is 0 Å². The minimum Gasteiger partial charge on any atom is -0.477 e. The number of nitrogens with zero attached hydrogens (tertiary/aromatic N) is 3. The minimum absolute atomic E-state index is 0.348. The molecular weight excluding hydrogens is 240 g/mol. The molecule has 3 heterocycles. The molecule has 0 amide bonds. The lowest BCUT2D eigenvalue weighted by Gasteiger charge is -2.38. The van der Waals surface area contributed by atoms with Crippen LogP contribution in [0.4, 0.5) is 5.82 Å². The number of aromatic nitrogens is 2. The van der Waals surface area contributed by atoms with E-state index in [9.17, 15) is 0 Å². The van der Waals surface area contributed by atoms with Crippen LogP contribution in [-0.2, 0) is 0 Å². The number of ether oxygens (including phenoxy) is 1. The fourth-order valence-corrected chi connectivity index (χ4v) is 3.33. The number of rotatable bonds is 4. The van der Waals surface area contributed by atoms with E-state index in [-0.39, 0.29) is 0 Å². The molecule has 0 aliphatic carbocycles. The molecule has 2 saturated heterocycles. The lowest BCUT2D eigenvalue weighted by atomic mass is 9.98. The highest BCUT2D eigenvalue weighted by Gasteiger charge is 2.40. The van der Waals surface area contributed by atoms with Crippen molar-refractivity contribution < 1.29 is 4.74 Å². The molecule has 19 heavy (non-hydrogen) atoms. The van der Waals surface area contributed by atoms with Gasteiger partial charge in [0.15, 0.2) is 5.82 Å². The first-order chi connectivity index (χ1) is 9.28. The molecule has 2 aliphatic heterocycles. The summed E-state index contributed by atoms with van der Waals surface area (Å²) in [7, 11) is 0. The second-order valence-corrected chi connectivity index (χ2v) is 5.59. The summed E-state index contributed by atoms with van der Waals surface area (Å²) in [4.78, 5) is 11.3. The zero-order chi connectivity index (χ0) is 13.2. The van der Waals surface area contributed by atoms with E-state index < -0.39 is 0 Å². The second kappa shape index (κ2) is 5.33. The van der Waals surface area contributed by atoms with Crippen LogP contribution in [0.5, 0.6) is 5.88 Å². The van der Waals surface area contributed by atoms with Crippen LogP contribution in [0, 0.1) is 0 Å². The molecule has 2 atom stereocenters. The molecule has 2 fully saturated rings. The van der Waals surface area contributed by atoms with Gasteiger partial charge in [-0.15, -0.1) is 0 Å². The molecule has 2 bridgehead atoms. The number of fused-ring (bicyclic) bond motifs is 2. The molecule has 1 aromatic heterocycles. The Morgan fingerprint density at radius 1 is 1.32 bits per heavy atom. The Kier molecular flexibility index (Phi) is 3.55.